The molecule has 0 spiro atoms. The summed E-state index contributed by atoms with van der Waals surface area (Å²) < 4.78 is 10.9. The van der Waals surface area contributed by atoms with Crippen molar-refractivity contribution in [3.05, 3.63) is 83.7 Å². The van der Waals surface area contributed by atoms with Gasteiger partial charge in [-0.1, -0.05) is 17.7 Å². The molecule has 2 aromatic carbocycles. The van der Waals surface area contributed by atoms with Crippen LogP contribution in [0.5, 0.6) is 11.5 Å². The van der Waals surface area contributed by atoms with E-state index in [1.165, 1.54) is 0 Å². The zero-order chi connectivity index (χ0) is 22.5. The number of fused-ring (bicyclic) bond motifs is 1. The monoisotopic (exact) mass is 427 g/mol. The maximum Gasteiger partial charge on any atom is 0.252 e. The molecule has 0 saturated carbocycles. The predicted molar refractivity (Wildman–Crippen MR) is 125 cm³/mol. The lowest BCUT2D eigenvalue weighted by Crippen LogP contribution is -2.26. The Balaban J connectivity index is 1.71. The van der Waals surface area contributed by atoms with Crippen LogP contribution in [-0.4, -0.2) is 36.6 Å². The SMILES string of the molecule is COc1ccc(-c2cc(C(=O)NCCc3ccccn3)c3cc(C)ccc3n2)c(OC)c1. The van der Waals surface area contributed by atoms with E-state index in [9.17, 15) is 4.79 Å². The van der Waals surface area contributed by atoms with Gasteiger partial charge < -0.3 is 14.8 Å². The molecule has 32 heavy (non-hydrogen) atoms. The van der Waals surface area contributed by atoms with Gasteiger partial charge in [-0.3, -0.25) is 9.78 Å². The molecule has 0 aliphatic rings. The van der Waals surface area contributed by atoms with Gasteiger partial charge in [0.05, 0.1) is 31.0 Å². The first-order valence-electron chi connectivity index (χ1n) is 10.4. The molecule has 4 rings (SSSR count). The zero-order valence-electron chi connectivity index (χ0n) is 18.4. The average Bonchev–Trinajstić information content (AvgIpc) is 2.83. The molecule has 162 valence electrons. The third kappa shape index (κ3) is 4.54. The van der Waals surface area contributed by atoms with Gasteiger partial charge in [0.25, 0.3) is 5.91 Å². The highest BCUT2D eigenvalue weighted by atomic mass is 16.5. The van der Waals surface area contributed by atoms with Crippen molar-refractivity contribution in [3.63, 3.8) is 0 Å². The number of hydrogen-bond acceptors (Lipinski definition) is 5. The van der Waals surface area contributed by atoms with Crippen LogP contribution >= 0.6 is 0 Å². The second kappa shape index (κ2) is 9.47. The maximum absolute atomic E-state index is 13.2. The van der Waals surface area contributed by atoms with Crippen LogP contribution in [0.2, 0.25) is 0 Å². The van der Waals surface area contributed by atoms with Crippen LogP contribution < -0.4 is 14.8 Å². The average molecular weight is 428 g/mol. The van der Waals surface area contributed by atoms with Gasteiger partial charge in [0, 0.05) is 41.9 Å². The summed E-state index contributed by atoms with van der Waals surface area (Å²) in [5.41, 5.74) is 4.78. The fraction of sp³-hybridized carbons (Fsp3) is 0.192. The predicted octanol–water partition coefficient (Wildman–Crippen LogP) is 4.59. The van der Waals surface area contributed by atoms with Crippen LogP contribution in [-0.2, 0) is 6.42 Å². The van der Waals surface area contributed by atoms with Crippen molar-refractivity contribution in [3.8, 4) is 22.8 Å². The fourth-order valence-corrected chi connectivity index (χ4v) is 3.62. The first-order chi connectivity index (χ1) is 15.6. The lowest BCUT2D eigenvalue weighted by atomic mass is 10.0. The smallest absolute Gasteiger partial charge is 0.252 e. The Morgan fingerprint density at radius 2 is 1.88 bits per heavy atom. The molecule has 0 bridgehead atoms. The van der Waals surface area contributed by atoms with Gasteiger partial charge >= 0.3 is 0 Å². The van der Waals surface area contributed by atoms with Crippen LogP contribution in [0.4, 0.5) is 0 Å². The van der Waals surface area contributed by atoms with Crippen molar-refractivity contribution < 1.29 is 14.3 Å². The minimum absolute atomic E-state index is 0.146. The minimum atomic E-state index is -0.146. The number of nitrogens with one attached hydrogen (secondary N) is 1. The van der Waals surface area contributed by atoms with E-state index in [1.54, 1.807) is 20.4 Å². The number of aromatic nitrogens is 2. The van der Waals surface area contributed by atoms with Gasteiger partial charge in [-0.25, -0.2) is 4.98 Å². The summed E-state index contributed by atoms with van der Waals surface area (Å²) in [5, 5.41) is 3.84. The Morgan fingerprint density at radius 1 is 1.00 bits per heavy atom. The summed E-state index contributed by atoms with van der Waals surface area (Å²) in [6, 6.07) is 19.1. The van der Waals surface area contributed by atoms with Crippen LogP contribution in [0.1, 0.15) is 21.6 Å². The number of ether oxygens (including phenoxy) is 2. The number of hydrogen-bond donors (Lipinski definition) is 1. The van der Waals surface area contributed by atoms with Crippen LogP contribution in [0.3, 0.4) is 0 Å². The van der Waals surface area contributed by atoms with Gasteiger partial charge in [-0.15, -0.1) is 0 Å². The molecule has 1 N–H and O–H groups in total. The van der Waals surface area contributed by atoms with Crippen molar-refractivity contribution >= 4 is 16.8 Å². The van der Waals surface area contributed by atoms with Gasteiger partial charge in [0.1, 0.15) is 11.5 Å². The Labute approximate surface area is 187 Å². The number of amides is 1. The van der Waals surface area contributed by atoms with E-state index in [0.29, 0.717) is 35.7 Å². The van der Waals surface area contributed by atoms with Gasteiger partial charge in [0.15, 0.2) is 0 Å². The normalized spacial score (nSPS) is 10.7. The van der Waals surface area contributed by atoms with Gasteiger partial charge in [-0.05, 0) is 49.4 Å². The standard InChI is InChI=1S/C26H25N3O3/c1-17-7-10-23-21(14-17)22(26(30)28-13-11-18-6-4-5-12-27-18)16-24(29-23)20-9-8-19(31-2)15-25(20)32-3/h4-10,12,14-16H,11,13H2,1-3H3,(H,28,30). The molecule has 0 aliphatic carbocycles. The molecule has 0 saturated heterocycles. The molecule has 2 aromatic heterocycles. The second-order valence-electron chi connectivity index (χ2n) is 7.47. The second-order valence-corrected chi connectivity index (χ2v) is 7.47. The molecular weight excluding hydrogens is 402 g/mol. The number of carbonyl (C=O) groups excluding carboxylic acids is 1. The summed E-state index contributed by atoms with van der Waals surface area (Å²) in [4.78, 5) is 22.3. The summed E-state index contributed by atoms with van der Waals surface area (Å²) in [6.45, 7) is 2.50. The lowest BCUT2D eigenvalue weighted by molar-refractivity contribution is 0.0955. The number of rotatable bonds is 7. The van der Waals surface area contributed by atoms with Crippen molar-refractivity contribution in [2.45, 2.75) is 13.3 Å². The quantitative estimate of drug-likeness (QED) is 0.467. The number of pyridine rings is 2. The number of nitrogens with zero attached hydrogens (tertiary/aromatic N) is 2. The topological polar surface area (TPSA) is 73.3 Å². The van der Waals surface area contributed by atoms with E-state index in [-0.39, 0.29) is 5.91 Å². The molecule has 4 aromatic rings. The largest absolute Gasteiger partial charge is 0.497 e. The first-order valence-corrected chi connectivity index (χ1v) is 10.4. The van der Waals surface area contributed by atoms with Crippen molar-refractivity contribution in [2.24, 2.45) is 0 Å². The highest BCUT2D eigenvalue weighted by molar-refractivity contribution is 6.07. The van der Waals surface area contributed by atoms with Crippen molar-refractivity contribution in [1.29, 1.82) is 0 Å². The number of carbonyl (C=O) groups is 1. The van der Waals surface area contributed by atoms with E-state index in [1.807, 2.05) is 67.6 Å². The molecule has 6 nitrogen and oxygen atoms in total. The molecular formula is C26H25N3O3. The van der Waals surface area contributed by atoms with E-state index in [2.05, 4.69) is 10.3 Å². The molecule has 0 atom stereocenters. The van der Waals surface area contributed by atoms with Crippen LogP contribution in [0, 0.1) is 6.92 Å². The molecule has 2 heterocycles. The third-order valence-electron chi connectivity index (χ3n) is 5.29. The van der Waals surface area contributed by atoms with Crippen molar-refractivity contribution in [1.82, 2.24) is 15.3 Å². The number of methoxy groups -OCH3 is 2. The summed E-state index contributed by atoms with van der Waals surface area (Å²) in [6.07, 6.45) is 2.42. The summed E-state index contributed by atoms with van der Waals surface area (Å²) in [7, 11) is 3.21. The Kier molecular flexibility index (Phi) is 6.31. The van der Waals surface area contributed by atoms with Crippen LogP contribution in [0.25, 0.3) is 22.2 Å². The van der Waals surface area contributed by atoms with Gasteiger partial charge in [0.2, 0.25) is 0 Å². The highest BCUT2D eigenvalue weighted by Gasteiger charge is 2.17. The molecule has 0 radical (unpaired) electrons. The van der Waals surface area contributed by atoms with E-state index >= 15 is 0 Å². The Hall–Kier alpha value is -3.93. The zero-order valence-corrected chi connectivity index (χ0v) is 18.4. The Morgan fingerprint density at radius 3 is 2.62 bits per heavy atom. The minimum Gasteiger partial charge on any atom is -0.497 e. The van der Waals surface area contributed by atoms with E-state index in [0.717, 1.165) is 27.7 Å². The third-order valence-corrected chi connectivity index (χ3v) is 5.29. The fourth-order valence-electron chi connectivity index (χ4n) is 3.62. The Bertz CT molecular complexity index is 1260. The van der Waals surface area contributed by atoms with E-state index in [4.69, 9.17) is 14.5 Å². The molecule has 1 amide bonds. The van der Waals surface area contributed by atoms with Crippen molar-refractivity contribution in [2.75, 3.05) is 20.8 Å². The summed E-state index contributed by atoms with van der Waals surface area (Å²) >= 11 is 0. The molecule has 6 heteroatoms. The highest BCUT2D eigenvalue weighted by Crippen LogP contribution is 2.34. The molecule has 0 fully saturated rings. The lowest BCUT2D eigenvalue weighted by Gasteiger charge is -2.14. The molecule has 0 unspecified atom stereocenters. The molecule has 0 aliphatic heterocycles. The number of aryl methyl sites for hydroxylation is 1. The first kappa shape index (κ1) is 21.3. The van der Waals surface area contributed by atoms with Crippen LogP contribution in [0.15, 0.2) is 66.9 Å². The maximum atomic E-state index is 13.2. The van der Waals surface area contributed by atoms with E-state index < -0.39 is 0 Å². The number of benzene rings is 2. The van der Waals surface area contributed by atoms with Gasteiger partial charge in [-0.2, -0.15) is 0 Å². The summed E-state index contributed by atoms with van der Waals surface area (Å²) in [5.74, 6) is 1.17.